The molecule has 160 valence electrons. The fraction of sp³-hybridized carbons (Fsp3) is 0.208. The first-order valence-electron chi connectivity index (χ1n) is 10.4. The first-order valence-corrected chi connectivity index (χ1v) is 10.4. The van der Waals surface area contributed by atoms with Gasteiger partial charge in [0.1, 0.15) is 35.0 Å². The third kappa shape index (κ3) is 3.15. The molecule has 0 spiro atoms. The number of carbonyl (C=O) groups excluding carboxylic acids is 2. The van der Waals surface area contributed by atoms with E-state index in [2.05, 4.69) is 15.6 Å². The number of halogens is 1. The van der Waals surface area contributed by atoms with Crippen molar-refractivity contribution in [1.82, 2.24) is 10.3 Å². The van der Waals surface area contributed by atoms with Crippen LogP contribution in [0.2, 0.25) is 0 Å². The third-order valence-corrected chi connectivity index (χ3v) is 6.06. The van der Waals surface area contributed by atoms with Gasteiger partial charge in [-0.2, -0.15) is 0 Å². The van der Waals surface area contributed by atoms with Crippen LogP contribution in [0.5, 0.6) is 17.2 Å². The minimum Gasteiger partial charge on any atom is -0.487 e. The van der Waals surface area contributed by atoms with Crippen molar-refractivity contribution in [2.24, 2.45) is 0 Å². The molecule has 3 aliphatic rings. The summed E-state index contributed by atoms with van der Waals surface area (Å²) in [6, 6.07) is 12.7. The van der Waals surface area contributed by atoms with Crippen LogP contribution in [0, 0.1) is 5.82 Å². The van der Waals surface area contributed by atoms with Crippen molar-refractivity contribution in [3.63, 3.8) is 0 Å². The highest BCUT2D eigenvalue weighted by molar-refractivity contribution is 5.95. The summed E-state index contributed by atoms with van der Waals surface area (Å²) in [5.74, 6) is 1.97. The van der Waals surface area contributed by atoms with E-state index in [-0.39, 0.29) is 35.7 Å². The third-order valence-electron chi connectivity index (χ3n) is 6.06. The quantitative estimate of drug-likeness (QED) is 0.660. The van der Waals surface area contributed by atoms with Gasteiger partial charge in [0.25, 0.3) is 5.91 Å². The van der Waals surface area contributed by atoms with Crippen molar-refractivity contribution in [2.45, 2.75) is 30.9 Å². The molecule has 3 atom stereocenters. The van der Waals surface area contributed by atoms with Crippen LogP contribution in [0.4, 0.5) is 10.2 Å². The van der Waals surface area contributed by atoms with Gasteiger partial charge in [0.05, 0.1) is 12.0 Å². The first-order chi connectivity index (χ1) is 15.6. The smallest absolute Gasteiger partial charge is 0.251 e. The average Bonchev–Trinajstić information content (AvgIpc) is 3.30. The number of pyridine rings is 1. The zero-order valence-corrected chi connectivity index (χ0v) is 16.8. The van der Waals surface area contributed by atoms with Gasteiger partial charge >= 0.3 is 0 Å². The van der Waals surface area contributed by atoms with E-state index >= 15 is 0 Å². The van der Waals surface area contributed by atoms with Gasteiger partial charge in [-0.1, -0.05) is 0 Å². The zero-order valence-electron chi connectivity index (χ0n) is 16.8. The van der Waals surface area contributed by atoms with Gasteiger partial charge in [-0.15, -0.1) is 0 Å². The lowest BCUT2D eigenvalue weighted by molar-refractivity contribution is -0.116. The summed E-state index contributed by atoms with van der Waals surface area (Å²) < 4.78 is 25.2. The second kappa shape index (κ2) is 7.05. The van der Waals surface area contributed by atoms with Crippen molar-refractivity contribution in [2.75, 3.05) is 5.32 Å². The van der Waals surface area contributed by atoms with E-state index in [4.69, 9.17) is 9.47 Å². The van der Waals surface area contributed by atoms with E-state index in [1.165, 1.54) is 24.3 Å². The molecule has 2 N–H and O–H groups in total. The predicted octanol–water partition coefficient (Wildman–Crippen LogP) is 3.55. The number of rotatable bonds is 4. The van der Waals surface area contributed by atoms with E-state index in [0.29, 0.717) is 35.7 Å². The molecule has 1 fully saturated rings. The summed E-state index contributed by atoms with van der Waals surface area (Å²) in [4.78, 5) is 28.3. The van der Waals surface area contributed by atoms with Crippen molar-refractivity contribution in [3.05, 3.63) is 77.2 Å². The molecule has 3 aromatic rings. The Balaban J connectivity index is 1.19. The maximum atomic E-state index is 13.1. The van der Waals surface area contributed by atoms with Gasteiger partial charge in [-0.3, -0.25) is 9.59 Å². The molecule has 3 heterocycles. The van der Waals surface area contributed by atoms with Gasteiger partial charge in [-0.25, -0.2) is 9.37 Å². The van der Waals surface area contributed by atoms with Crippen molar-refractivity contribution in [1.29, 1.82) is 0 Å². The molecule has 0 radical (unpaired) electrons. The van der Waals surface area contributed by atoms with Crippen LogP contribution in [0.15, 0.2) is 54.7 Å². The lowest BCUT2D eigenvalue weighted by Crippen LogP contribution is -2.30. The van der Waals surface area contributed by atoms with E-state index in [9.17, 15) is 14.0 Å². The number of hydrogen-bond acceptors (Lipinski definition) is 5. The minimum absolute atomic E-state index is 0.0450. The Hall–Kier alpha value is -3.94. The Morgan fingerprint density at radius 2 is 2.00 bits per heavy atom. The number of fused-ring (bicyclic) bond motifs is 4. The maximum absolute atomic E-state index is 13.1. The number of ether oxygens (including phenoxy) is 2. The van der Waals surface area contributed by atoms with E-state index in [1.807, 2.05) is 18.2 Å². The highest BCUT2D eigenvalue weighted by atomic mass is 19.1. The normalized spacial score (nSPS) is 22.0. The lowest BCUT2D eigenvalue weighted by atomic mass is 10.1. The van der Waals surface area contributed by atoms with Gasteiger partial charge in [0.2, 0.25) is 5.91 Å². The summed E-state index contributed by atoms with van der Waals surface area (Å²) in [5, 5.41) is 5.74. The van der Waals surface area contributed by atoms with Gasteiger partial charge in [-0.05, 0) is 55.0 Å². The average molecular weight is 431 g/mol. The molecule has 0 bridgehead atoms. The number of amides is 2. The van der Waals surface area contributed by atoms with E-state index < -0.39 is 0 Å². The largest absolute Gasteiger partial charge is 0.487 e. The molecule has 6 rings (SSSR count). The summed E-state index contributed by atoms with van der Waals surface area (Å²) in [6.07, 6.45) is 2.45. The molecule has 2 aromatic carbocycles. The molecule has 8 heteroatoms. The molecule has 7 nitrogen and oxygen atoms in total. The summed E-state index contributed by atoms with van der Waals surface area (Å²) in [6.45, 7) is 0. The van der Waals surface area contributed by atoms with Gasteiger partial charge in [0, 0.05) is 29.3 Å². The van der Waals surface area contributed by atoms with Crippen molar-refractivity contribution in [3.8, 4) is 17.2 Å². The van der Waals surface area contributed by atoms with Gasteiger partial charge in [0.15, 0.2) is 0 Å². The number of anilines is 1. The number of carbonyl (C=O) groups is 2. The standard InChI is InChI=1S/C24H18FN3O4/c25-13-3-1-12(2-4-13)24(30)28-21-20-16-11-14(5-7-17(16)32-22(20)21)31-18-9-10-26-23-15(18)6-8-19(29)27-23/h1-5,7,9-11,20-22H,6,8H2,(H,28,30)(H,26,27,29). The zero-order chi connectivity index (χ0) is 21.8. The molecule has 3 unspecified atom stereocenters. The molecule has 2 amide bonds. The topological polar surface area (TPSA) is 89.5 Å². The monoisotopic (exact) mass is 431 g/mol. The highest BCUT2D eigenvalue weighted by Gasteiger charge is 2.59. The number of aromatic nitrogens is 1. The van der Waals surface area contributed by atoms with Crippen LogP contribution < -0.4 is 20.1 Å². The molecule has 1 saturated carbocycles. The molecule has 2 aliphatic heterocycles. The SMILES string of the molecule is O=C1CCc2c(Oc3ccc4c(c3)C3C(NC(=O)c5ccc(F)cc5)C3O4)ccnc2N1. The lowest BCUT2D eigenvalue weighted by Gasteiger charge is -2.19. The van der Waals surface area contributed by atoms with Crippen molar-refractivity contribution < 1.29 is 23.5 Å². The second-order valence-electron chi connectivity index (χ2n) is 8.10. The second-order valence-corrected chi connectivity index (χ2v) is 8.10. The Morgan fingerprint density at radius 1 is 1.16 bits per heavy atom. The van der Waals surface area contributed by atoms with Crippen molar-refractivity contribution >= 4 is 17.6 Å². The number of nitrogens with zero attached hydrogens (tertiary/aromatic N) is 1. The van der Waals surface area contributed by atoms with Crippen LogP contribution in [-0.2, 0) is 11.2 Å². The summed E-state index contributed by atoms with van der Waals surface area (Å²) in [7, 11) is 0. The Kier molecular flexibility index (Phi) is 4.14. The van der Waals surface area contributed by atoms with Crippen LogP contribution in [0.1, 0.15) is 33.8 Å². The summed E-state index contributed by atoms with van der Waals surface area (Å²) >= 11 is 0. The van der Waals surface area contributed by atoms with E-state index in [1.54, 1.807) is 12.3 Å². The Morgan fingerprint density at radius 3 is 2.84 bits per heavy atom. The first kappa shape index (κ1) is 18.8. The molecule has 0 saturated heterocycles. The molecule has 1 aromatic heterocycles. The Labute approximate surface area is 182 Å². The molecular formula is C24H18FN3O4. The number of nitrogens with one attached hydrogen (secondary N) is 2. The maximum Gasteiger partial charge on any atom is 0.251 e. The minimum atomic E-state index is -0.382. The van der Waals surface area contributed by atoms with E-state index in [0.717, 1.165) is 16.9 Å². The van der Waals surface area contributed by atoms with Gasteiger partial charge < -0.3 is 20.1 Å². The molecule has 32 heavy (non-hydrogen) atoms. The van der Waals surface area contributed by atoms with Crippen LogP contribution in [0.3, 0.4) is 0 Å². The van der Waals surface area contributed by atoms with Crippen LogP contribution >= 0.6 is 0 Å². The van der Waals surface area contributed by atoms with Crippen LogP contribution in [-0.4, -0.2) is 28.9 Å². The summed E-state index contributed by atoms with van der Waals surface area (Å²) in [5.41, 5.74) is 2.26. The highest BCUT2D eigenvalue weighted by Crippen LogP contribution is 2.54. The Bertz CT molecular complexity index is 1260. The fourth-order valence-corrected chi connectivity index (χ4v) is 4.39. The number of hydrogen-bond donors (Lipinski definition) is 2. The molecule has 1 aliphatic carbocycles. The predicted molar refractivity (Wildman–Crippen MR) is 113 cm³/mol. The molecular weight excluding hydrogens is 413 g/mol. The fourth-order valence-electron chi connectivity index (χ4n) is 4.39. The van der Waals surface area contributed by atoms with Crippen LogP contribution in [0.25, 0.3) is 0 Å². The number of benzene rings is 2.